The molecule has 11 heteroatoms. The topological polar surface area (TPSA) is 125 Å². The quantitative estimate of drug-likeness (QED) is 0.344. The van der Waals surface area contributed by atoms with E-state index in [0.717, 1.165) is 11.3 Å². The number of anilines is 1. The van der Waals surface area contributed by atoms with Gasteiger partial charge < -0.3 is 15.7 Å². The van der Waals surface area contributed by atoms with Crippen LogP contribution in [0.3, 0.4) is 0 Å². The van der Waals surface area contributed by atoms with E-state index in [1.165, 1.54) is 30.2 Å². The van der Waals surface area contributed by atoms with Gasteiger partial charge in [0.2, 0.25) is 24.1 Å². The van der Waals surface area contributed by atoms with Crippen LogP contribution >= 0.6 is 23.1 Å². The summed E-state index contributed by atoms with van der Waals surface area (Å²) >= 11 is 2.55. The minimum absolute atomic E-state index is 0.00901. The van der Waals surface area contributed by atoms with Crippen molar-refractivity contribution in [3.63, 3.8) is 0 Å². The molecule has 1 saturated heterocycles. The molecule has 136 valence electrons. The molecule has 3 heterocycles. The summed E-state index contributed by atoms with van der Waals surface area (Å²) in [5.41, 5.74) is -0.0358. The van der Waals surface area contributed by atoms with Crippen LogP contribution in [0.15, 0.2) is 30.7 Å². The monoisotopic (exact) mass is 395 g/mol. The Labute approximate surface area is 156 Å². The van der Waals surface area contributed by atoms with Crippen molar-refractivity contribution in [2.24, 2.45) is 0 Å². The van der Waals surface area contributed by atoms with E-state index < -0.39 is 27.8 Å². The van der Waals surface area contributed by atoms with Gasteiger partial charge in [-0.1, -0.05) is 11.8 Å². The largest absolute Gasteiger partial charge is 0.474 e. The highest BCUT2D eigenvalue weighted by atomic mass is 32.2. The van der Waals surface area contributed by atoms with Gasteiger partial charge >= 0.3 is 11.9 Å². The number of β-lactam (4-membered cyclic amide) rings is 1. The molecule has 0 saturated carbocycles. The lowest BCUT2D eigenvalue weighted by Crippen LogP contribution is -2.78. The van der Waals surface area contributed by atoms with Crippen LogP contribution in [0.2, 0.25) is 0 Å². The number of quaternary nitrogens is 1. The number of fused-ring (bicyclic) bond motifs is 1. The Hall–Kier alpha value is -2.50. The minimum atomic E-state index is -1.17. The molecule has 3 rings (SSSR count). The average Bonchev–Trinajstić information content (AvgIpc) is 3.05. The van der Waals surface area contributed by atoms with E-state index in [1.54, 1.807) is 0 Å². The smallest absolute Gasteiger partial charge is 0.391 e. The molecule has 0 aromatic carbocycles. The van der Waals surface area contributed by atoms with E-state index in [1.807, 2.05) is 0 Å². The molecule has 26 heavy (non-hydrogen) atoms. The molecule has 2 aliphatic heterocycles. The Bertz CT molecular complexity index is 836. The number of rotatable bonds is 7. The van der Waals surface area contributed by atoms with Crippen molar-refractivity contribution in [2.75, 3.05) is 11.1 Å². The molecule has 9 nitrogen and oxygen atoms in total. The molecular formula is C15H15N4O5S2+. The maximum Gasteiger partial charge on any atom is 0.391 e. The van der Waals surface area contributed by atoms with E-state index in [0.29, 0.717) is 22.2 Å². The third-order valence-corrected chi connectivity index (χ3v) is 6.39. The second-order valence-electron chi connectivity index (χ2n) is 5.53. The van der Waals surface area contributed by atoms with E-state index in [-0.39, 0.29) is 18.0 Å². The summed E-state index contributed by atoms with van der Waals surface area (Å²) in [6, 6.07) is -0.783. The summed E-state index contributed by atoms with van der Waals surface area (Å²) < 4.78 is -0.473. The van der Waals surface area contributed by atoms with Crippen LogP contribution in [0, 0.1) is 0 Å². The Kier molecular flexibility index (Phi) is 4.94. The zero-order valence-corrected chi connectivity index (χ0v) is 15.0. The molecule has 1 aromatic rings. The first-order valence-electron chi connectivity index (χ1n) is 7.50. The van der Waals surface area contributed by atoms with Crippen molar-refractivity contribution < 1.29 is 28.8 Å². The van der Waals surface area contributed by atoms with Gasteiger partial charge in [0.1, 0.15) is 6.20 Å². The highest BCUT2D eigenvalue weighted by molar-refractivity contribution is 8.00. The number of thioether (sulfide) groups is 1. The van der Waals surface area contributed by atoms with E-state index in [4.69, 9.17) is 0 Å². The molecule has 0 radical (unpaired) electrons. The van der Waals surface area contributed by atoms with Crippen molar-refractivity contribution in [1.29, 1.82) is 0 Å². The van der Waals surface area contributed by atoms with E-state index in [2.05, 4.69) is 22.2 Å². The van der Waals surface area contributed by atoms with Crippen LogP contribution < -0.4 is 10.6 Å². The van der Waals surface area contributed by atoms with Crippen molar-refractivity contribution in [3.05, 3.63) is 35.6 Å². The molecule has 3 N–H and O–H groups in total. The molecule has 0 aliphatic carbocycles. The highest BCUT2D eigenvalue weighted by Crippen LogP contribution is 2.46. The fraction of sp³-hybridized carbons (Fsp3) is 0.267. The number of hydrogen-bond acceptors (Lipinski definition) is 7. The van der Waals surface area contributed by atoms with Gasteiger partial charge in [0.25, 0.3) is 0 Å². The summed E-state index contributed by atoms with van der Waals surface area (Å²) in [6.07, 6.45) is 4.79. The summed E-state index contributed by atoms with van der Waals surface area (Å²) in [5.74, 6) is -1.53. The lowest BCUT2D eigenvalue weighted by molar-refractivity contribution is -0.803. The summed E-state index contributed by atoms with van der Waals surface area (Å²) in [4.78, 5) is 51.3. The van der Waals surface area contributed by atoms with E-state index in [9.17, 15) is 24.3 Å². The SMILES string of the molecule is C=C[N+]12C(=O)C(NC(=O)Cc3cnc(NC=O)s3)[C@@H]1SCC=C2C(=O)O. The molecule has 2 aliphatic rings. The lowest BCUT2D eigenvalue weighted by Gasteiger charge is -2.51. The van der Waals surface area contributed by atoms with Gasteiger partial charge in [-0.25, -0.2) is 14.6 Å². The first-order valence-corrected chi connectivity index (χ1v) is 9.37. The second kappa shape index (κ2) is 7.02. The zero-order chi connectivity index (χ0) is 18.9. The number of amides is 3. The average molecular weight is 395 g/mol. The number of thiazole rings is 1. The minimum Gasteiger partial charge on any atom is -0.474 e. The Morgan fingerprint density at radius 2 is 2.27 bits per heavy atom. The number of carbonyl (C=O) groups excluding carboxylic acids is 3. The Morgan fingerprint density at radius 1 is 1.50 bits per heavy atom. The third kappa shape index (κ3) is 2.83. The van der Waals surface area contributed by atoms with E-state index >= 15 is 0 Å². The molecule has 0 spiro atoms. The lowest BCUT2D eigenvalue weighted by atomic mass is 9.99. The highest BCUT2D eigenvalue weighted by Gasteiger charge is 2.68. The first-order chi connectivity index (χ1) is 12.4. The van der Waals surface area contributed by atoms with Crippen molar-refractivity contribution in [1.82, 2.24) is 10.3 Å². The third-order valence-electron chi connectivity index (χ3n) is 4.15. The molecule has 0 bridgehead atoms. The number of carboxylic acid groups (broad SMARTS) is 1. The predicted molar refractivity (Wildman–Crippen MR) is 94.9 cm³/mol. The normalized spacial score (nSPS) is 26.8. The number of nitrogens with zero attached hydrogens (tertiary/aromatic N) is 2. The molecule has 3 atom stereocenters. The van der Waals surface area contributed by atoms with Crippen molar-refractivity contribution in [3.8, 4) is 0 Å². The van der Waals surface area contributed by atoms with Gasteiger partial charge in [-0.15, -0.1) is 11.3 Å². The maximum atomic E-state index is 12.7. The summed E-state index contributed by atoms with van der Waals surface area (Å²) in [7, 11) is 0. The number of aromatic nitrogens is 1. The second-order valence-corrected chi connectivity index (χ2v) is 7.80. The van der Waals surface area contributed by atoms with Gasteiger partial charge in [0.05, 0.1) is 6.42 Å². The standard InChI is InChI=1S/C15H14N4O5S2/c1-2-19-9(14(23)24)3-4-25-13(19)11(12(19)22)18-10(21)5-8-6-16-15(26-8)17-7-20/h2-3,6-7,11,13H,1,4-5H2,(H2-,16,17,18,20,21,23,24)/p+1/t11?,13-,19?/m0/s1. The fourth-order valence-corrected chi connectivity index (χ4v) is 5.17. The predicted octanol–water partition coefficient (Wildman–Crippen LogP) is 0.281. The number of carbonyl (C=O) groups is 4. The van der Waals surface area contributed by atoms with Crippen LogP contribution in [0.4, 0.5) is 5.13 Å². The summed E-state index contributed by atoms with van der Waals surface area (Å²) in [6.45, 7) is 3.62. The first kappa shape index (κ1) is 18.3. The number of aliphatic carboxylic acids is 1. The molecular weight excluding hydrogens is 380 g/mol. The molecule has 2 unspecified atom stereocenters. The molecule has 3 amide bonds. The molecule has 1 aromatic heterocycles. The van der Waals surface area contributed by atoms with Crippen LogP contribution in [-0.2, 0) is 25.6 Å². The Balaban J connectivity index is 1.69. The van der Waals surface area contributed by atoms with Crippen molar-refractivity contribution >= 4 is 52.4 Å². The maximum absolute atomic E-state index is 12.7. The van der Waals surface area contributed by atoms with Gasteiger partial charge in [-0.2, -0.15) is 4.48 Å². The van der Waals surface area contributed by atoms with Gasteiger partial charge in [-0.3, -0.25) is 9.59 Å². The van der Waals surface area contributed by atoms with Crippen LogP contribution in [0.1, 0.15) is 4.88 Å². The number of hydrogen-bond donors (Lipinski definition) is 3. The Morgan fingerprint density at radius 3 is 2.92 bits per heavy atom. The van der Waals surface area contributed by atoms with Gasteiger partial charge in [0.15, 0.2) is 10.5 Å². The molecule has 1 fully saturated rings. The number of nitrogens with one attached hydrogen (secondary N) is 2. The van der Waals surface area contributed by atoms with Gasteiger partial charge in [0, 0.05) is 16.8 Å². The van der Waals surface area contributed by atoms with Crippen LogP contribution in [0.25, 0.3) is 0 Å². The fourth-order valence-electron chi connectivity index (χ4n) is 3.04. The van der Waals surface area contributed by atoms with Crippen LogP contribution in [-0.4, -0.2) is 55.9 Å². The zero-order valence-electron chi connectivity index (χ0n) is 13.4. The van der Waals surface area contributed by atoms with Crippen molar-refractivity contribution in [2.45, 2.75) is 17.8 Å². The van der Waals surface area contributed by atoms with Gasteiger partial charge in [-0.05, 0) is 12.7 Å². The number of carboxylic acids is 1. The van der Waals surface area contributed by atoms with Crippen LogP contribution in [0.5, 0.6) is 0 Å². The summed E-state index contributed by atoms with van der Waals surface area (Å²) in [5, 5.41) is 14.4.